The van der Waals surface area contributed by atoms with Crippen LogP contribution in [0.15, 0.2) is 65.4 Å². The molecule has 2 aromatic carbocycles. The van der Waals surface area contributed by atoms with Crippen LogP contribution in [-0.4, -0.2) is 37.4 Å². The lowest BCUT2D eigenvalue weighted by Crippen LogP contribution is -2.40. The average molecular weight is 485 g/mol. The van der Waals surface area contributed by atoms with Gasteiger partial charge in [0, 0.05) is 18.1 Å². The van der Waals surface area contributed by atoms with Gasteiger partial charge in [-0.2, -0.15) is 4.98 Å². The number of nitrogens with zero attached hydrogens (tertiary/aromatic N) is 5. The van der Waals surface area contributed by atoms with Crippen LogP contribution in [0, 0.1) is 0 Å². The van der Waals surface area contributed by atoms with Crippen LogP contribution < -0.4 is 16.3 Å². The number of nitrogen functional groups attached to an aromatic ring is 1. The van der Waals surface area contributed by atoms with E-state index in [1.165, 1.54) is 48.8 Å². The van der Waals surface area contributed by atoms with E-state index in [9.17, 15) is 18.0 Å². The van der Waals surface area contributed by atoms with Crippen LogP contribution in [0.2, 0.25) is 0 Å². The van der Waals surface area contributed by atoms with Crippen LogP contribution in [0.5, 0.6) is 5.75 Å². The Hall–Kier alpha value is -4.52. The van der Waals surface area contributed by atoms with Crippen molar-refractivity contribution in [2.45, 2.75) is 19.3 Å². The van der Waals surface area contributed by atoms with Gasteiger partial charge in [0.15, 0.2) is 0 Å². The third-order valence-corrected chi connectivity index (χ3v) is 4.92. The number of nitrogens with two attached hydrogens (primary N) is 2. The van der Waals surface area contributed by atoms with Gasteiger partial charge >= 0.3 is 6.36 Å². The van der Waals surface area contributed by atoms with Crippen LogP contribution in [0.3, 0.4) is 0 Å². The van der Waals surface area contributed by atoms with Crippen molar-refractivity contribution in [3.05, 3.63) is 72.4 Å². The zero-order valence-corrected chi connectivity index (χ0v) is 18.1. The first-order chi connectivity index (χ1) is 16.6. The summed E-state index contributed by atoms with van der Waals surface area (Å²) in [5, 5.41) is 4.70. The molecule has 4 N–H and O–H groups in total. The zero-order chi connectivity index (χ0) is 25.2. The molecule has 2 heterocycles. The molecule has 4 aromatic rings. The molecule has 180 valence electrons. The maximum atomic E-state index is 13.1. The first-order valence-corrected chi connectivity index (χ1v) is 10.1. The number of alkyl halides is 3. The number of aromatic nitrogens is 4. The predicted molar refractivity (Wildman–Crippen MR) is 117 cm³/mol. The molecule has 1 amide bonds. The minimum absolute atomic E-state index is 0.0540. The summed E-state index contributed by atoms with van der Waals surface area (Å²) in [6, 6.07) is 10.6. The van der Waals surface area contributed by atoms with Crippen molar-refractivity contribution in [2.24, 2.45) is 5.84 Å². The SMILES string of the molecule is CC(c1nc(-c2ncccn2)no1)N(N)C(=O)c1cc(-c2ccc(OC(F)(F)F)cc2)ccc1N. The number of benzene rings is 2. The van der Waals surface area contributed by atoms with Gasteiger partial charge in [-0.15, -0.1) is 13.2 Å². The lowest BCUT2D eigenvalue weighted by Gasteiger charge is -2.22. The molecule has 13 heteroatoms. The van der Waals surface area contributed by atoms with E-state index in [0.29, 0.717) is 11.1 Å². The number of rotatable bonds is 6. The van der Waals surface area contributed by atoms with Gasteiger partial charge in [0.05, 0.1) is 5.56 Å². The minimum Gasteiger partial charge on any atom is -0.406 e. The summed E-state index contributed by atoms with van der Waals surface area (Å²) in [7, 11) is 0. The second-order valence-corrected chi connectivity index (χ2v) is 7.29. The zero-order valence-electron chi connectivity index (χ0n) is 18.1. The largest absolute Gasteiger partial charge is 0.573 e. The first-order valence-electron chi connectivity index (χ1n) is 10.1. The van der Waals surface area contributed by atoms with E-state index in [2.05, 4.69) is 24.8 Å². The van der Waals surface area contributed by atoms with E-state index >= 15 is 0 Å². The van der Waals surface area contributed by atoms with Crippen LogP contribution in [-0.2, 0) is 0 Å². The number of amides is 1. The fourth-order valence-corrected chi connectivity index (χ4v) is 3.11. The number of carbonyl (C=O) groups is 1. The highest BCUT2D eigenvalue weighted by Gasteiger charge is 2.31. The Labute approximate surface area is 196 Å². The summed E-state index contributed by atoms with van der Waals surface area (Å²) < 4.78 is 46.3. The molecular weight excluding hydrogens is 467 g/mol. The van der Waals surface area contributed by atoms with Gasteiger partial charge in [-0.1, -0.05) is 23.4 Å². The van der Waals surface area contributed by atoms with Gasteiger partial charge in [-0.25, -0.2) is 15.8 Å². The van der Waals surface area contributed by atoms with Crippen LogP contribution in [0.1, 0.15) is 29.2 Å². The highest BCUT2D eigenvalue weighted by molar-refractivity contribution is 6.00. The van der Waals surface area contributed by atoms with E-state index in [1.807, 2.05) is 0 Å². The highest BCUT2D eigenvalue weighted by Crippen LogP contribution is 2.29. The van der Waals surface area contributed by atoms with Crippen molar-refractivity contribution in [3.8, 4) is 28.5 Å². The van der Waals surface area contributed by atoms with Gasteiger partial charge in [0.25, 0.3) is 11.8 Å². The Morgan fingerprint density at radius 1 is 1.06 bits per heavy atom. The molecule has 0 saturated carbocycles. The summed E-state index contributed by atoms with van der Waals surface area (Å²) in [4.78, 5) is 25.4. The summed E-state index contributed by atoms with van der Waals surface area (Å²) >= 11 is 0. The summed E-state index contributed by atoms with van der Waals surface area (Å²) in [5.74, 6) is 5.48. The molecule has 0 bridgehead atoms. The van der Waals surface area contributed by atoms with Crippen molar-refractivity contribution in [1.29, 1.82) is 0 Å². The van der Waals surface area contributed by atoms with Gasteiger partial charge in [0.2, 0.25) is 11.6 Å². The van der Waals surface area contributed by atoms with Gasteiger partial charge in [-0.3, -0.25) is 9.80 Å². The molecule has 0 fully saturated rings. The van der Waals surface area contributed by atoms with Crippen molar-refractivity contribution < 1.29 is 27.2 Å². The van der Waals surface area contributed by atoms with Crippen LogP contribution in [0.25, 0.3) is 22.8 Å². The lowest BCUT2D eigenvalue weighted by molar-refractivity contribution is -0.274. The molecule has 4 rings (SSSR count). The number of hydrogen-bond donors (Lipinski definition) is 2. The van der Waals surface area contributed by atoms with Gasteiger partial charge in [-0.05, 0) is 48.4 Å². The Bertz CT molecular complexity index is 1330. The molecule has 0 aliphatic rings. The summed E-state index contributed by atoms with van der Waals surface area (Å²) in [6.07, 6.45) is -1.75. The van der Waals surface area contributed by atoms with Crippen LogP contribution in [0.4, 0.5) is 18.9 Å². The second kappa shape index (κ2) is 9.38. The number of anilines is 1. The standard InChI is InChI=1S/C22H18F3N7O3/c1-12(20-30-19(31-35-20)18-28-9-2-10-29-18)32(27)21(33)16-11-14(5-8-17(16)26)13-3-6-15(7-4-13)34-22(23,24)25/h2-12H,26-27H2,1H3. The number of hydrogen-bond acceptors (Lipinski definition) is 9. The Morgan fingerprint density at radius 2 is 1.71 bits per heavy atom. The van der Waals surface area contributed by atoms with Crippen molar-refractivity contribution >= 4 is 11.6 Å². The average Bonchev–Trinajstić information content (AvgIpc) is 3.33. The molecule has 0 aliphatic heterocycles. The van der Waals surface area contributed by atoms with E-state index in [0.717, 1.165) is 5.01 Å². The molecule has 0 aliphatic carbocycles. The number of halogens is 3. The summed E-state index contributed by atoms with van der Waals surface area (Å²) in [6.45, 7) is 1.58. The minimum atomic E-state index is -4.79. The molecule has 1 unspecified atom stereocenters. The van der Waals surface area contributed by atoms with E-state index in [4.69, 9.17) is 16.1 Å². The fourth-order valence-electron chi connectivity index (χ4n) is 3.11. The lowest BCUT2D eigenvalue weighted by atomic mass is 10.0. The monoisotopic (exact) mass is 485 g/mol. The molecule has 0 saturated heterocycles. The predicted octanol–water partition coefficient (Wildman–Crippen LogP) is 3.75. The molecule has 1 atom stereocenters. The molecule has 0 spiro atoms. The normalized spacial score (nSPS) is 12.3. The van der Waals surface area contributed by atoms with Crippen molar-refractivity contribution in [3.63, 3.8) is 0 Å². The van der Waals surface area contributed by atoms with Gasteiger partial charge in [0.1, 0.15) is 11.8 Å². The Morgan fingerprint density at radius 3 is 2.37 bits per heavy atom. The summed E-state index contributed by atoms with van der Waals surface area (Å²) in [5.41, 5.74) is 7.31. The second-order valence-electron chi connectivity index (χ2n) is 7.29. The Kier molecular flexibility index (Phi) is 6.34. The molecule has 0 radical (unpaired) electrons. The first kappa shape index (κ1) is 23.6. The smallest absolute Gasteiger partial charge is 0.406 e. The number of hydrazine groups is 1. The quantitative estimate of drug-likeness (QED) is 0.180. The van der Waals surface area contributed by atoms with Crippen molar-refractivity contribution in [1.82, 2.24) is 25.1 Å². The maximum Gasteiger partial charge on any atom is 0.573 e. The van der Waals surface area contributed by atoms with Crippen LogP contribution >= 0.6 is 0 Å². The fraction of sp³-hybridized carbons (Fsp3) is 0.136. The maximum absolute atomic E-state index is 13.1. The number of ether oxygens (including phenoxy) is 1. The topological polar surface area (TPSA) is 146 Å². The third kappa shape index (κ3) is 5.35. The van der Waals surface area contributed by atoms with E-state index in [1.54, 1.807) is 19.1 Å². The molecule has 35 heavy (non-hydrogen) atoms. The van der Waals surface area contributed by atoms with Crippen molar-refractivity contribution in [2.75, 3.05) is 5.73 Å². The number of carbonyl (C=O) groups excluding carboxylic acids is 1. The van der Waals surface area contributed by atoms with E-state index < -0.39 is 18.3 Å². The Balaban J connectivity index is 1.54. The molecule has 2 aromatic heterocycles. The highest BCUT2D eigenvalue weighted by atomic mass is 19.4. The third-order valence-electron chi connectivity index (χ3n) is 4.92. The van der Waals surface area contributed by atoms with E-state index in [-0.39, 0.29) is 34.5 Å². The molecule has 10 nitrogen and oxygen atoms in total. The van der Waals surface area contributed by atoms with Gasteiger partial charge < -0.3 is 15.0 Å². The molecular formula is C22H18F3N7O3.